The van der Waals surface area contributed by atoms with Crippen molar-refractivity contribution in [3.63, 3.8) is 0 Å². The molecule has 0 amide bonds. The molecule has 11 nitrogen and oxygen atoms in total. The third-order valence-electron chi connectivity index (χ3n) is 9.44. The van der Waals surface area contributed by atoms with Crippen LogP contribution in [0.3, 0.4) is 0 Å². The first-order valence-corrected chi connectivity index (χ1v) is 16.5. The molecule has 14 heteroatoms. The first-order valence-electron chi connectivity index (χ1n) is 16.5. The van der Waals surface area contributed by atoms with Crippen LogP contribution < -0.4 is 15.2 Å². The third kappa shape index (κ3) is 6.45. The summed E-state index contributed by atoms with van der Waals surface area (Å²) in [6.45, 7) is 0. The highest BCUT2D eigenvalue weighted by Gasteiger charge is 2.62. The molecule has 1 aliphatic heterocycles. The molecule has 7 rings (SSSR count). The summed E-state index contributed by atoms with van der Waals surface area (Å²) in [7, 11) is 3.04. The third-order valence-corrected chi connectivity index (χ3v) is 9.44. The van der Waals surface area contributed by atoms with Gasteiger partial charge in [0.15, 0.2) is 29.6 Å². The Morgan fingerprint density at radius 3 is 1.91 bits per heavy atom. The topological polar surface area (TPSA) is 144 Å². The fourth-order valence-corrected chi connectivity index (χ4v) is 6.86. The lowest BCUT2D eigenvalue weighted by atomic mass is 9.79. The smallest absolute Gasteiger partial charge is 0.398 e. The van der Waals surface area contributed by atoms with Gasteiger partial charge in [0.2, 0.25) is 0 Å². The molecule has 272 valence electrons. The quantitative estimate of drug-likeness (QED) is 0.118. The zero-order chi connectivity index (χ0) is 37.3. The summed E-state index contributed by atoms with van der Waals surface area (Å²) in [5, 5.41) is 11.8. The Labute approximate surface area is 301 Å². The molecule has 0 saturated carbocycles. The lowest BCUT2D eigenvalue weighted by Gasteiger charge is -2.40. The van der Waals surface area contributed by atoms with Gasteiger partial charge in [-0.15, -0.1) is 0 Å². The van der Waals surface area contributed by atoms with E-state index in [2.05, 4.69) is 15.0 Å². The number of imidazole rings is 1. The number of ketones is 1. The molecule has 1 unspecified atom stereocenters. The second kappa shape index (κ2) is 14.3. The maximum Gasteiger partial charge on any atom is 0.398 e. The number of benzene rings is 4. The highest BCUT2D eigenvalue weighted by molar-refractivity contribution is 6.00. The van der Waals surface area contributed by atoms with Crippen LogP contribution in [0.15, 0.2) is 122 Å². The van der Waals surface area contributed by atoms with Crippen LogP contribution in [-0.4, -0.2) is 69.1 Å². The number of nitrogens with zero attached hydrogens (tertiary/aromatic N) is 4. The number of nitrogens with two attached hydrogens (primary N) is 1. The molecule has 0 spiro atoms. The minimum atomic E-state index is -5.02. The molecule has 3 N–H and O–H groups in total. The van der Waals surface area contributed by atoms with Gasteiger partial charge in [-0.05, 0) is 41.0 Å². The van der Waals surface area contributed by atoms with Crippen LogP contribution in [0.2, 0.25) is 0 Å². The number of rotatable bonds is 11. The summed E-state index contributed by atoms with van der Waals surface area (Å²) in [5.41, 5.74) is 5.94. The fourth-order valence-electron chi connectivity index (χ4n) is 6.86. The van der Waals surface area contributed by atoms with Gasteiger partial charge in [-0.3, -0.25) is 9.36 Å². The molecule has 0 bridgehead atoms. The normalized spacial score (nSPS) is 19.6. The minimum Gasteiger partial charge on any atom is -0.497 e. The average molecular weight is 726 g/mol. The fraction of sp³-hybridized carbons (Fsp3) is 0.231. The molecular formula is C39H34F3N5O6. The van der Waals surface area contributed by atoms with Crippen molar-refractivity contribution >= 4 is 22.8 Å². The monoisotopic (exact) mass is 725 g/mol. The van der Waals surface area contributed by atoms with Gasteiger partial charge in [-0.1, -0.05) is 84.9 Å². The molecule has 6 aromatic rings. The number of alkyl halides is 3. The average Bonchev–Trinajstić information content (AvgIpc) is 3.78. The molecule has 1 aliphatic rings. The van der Waals surface area contributed by atoms with E-state index in [1.807, 2.05) is 0 Å². The van der Waals surface area contributed by atoms with E-state index in [0.717, 1.165) is 17.2 Å². The predicted molar refractivity (Wildman–Crippen MR) is 187 cm³/mol. The number of ether oxygens (including phenoxy) is 4. The highest BCUT2D eigenvalue weighted by Crippen LogP contribution is 2.50. The van der Waals surface area contributed by atoms with Crippen LogP contribution >= 0.6 is 0 Å². The van der Waals surface area contributed by atoms with Gasteiger partial charge in [-0.25, -0.2) is 15.0 Å². The van der Waals surface area contributed by atoms with Gasteiger partial charge < -0.3 is 29.8 Å². The van der Waals surface area contributed by atoms with Crippen molar-refractivity contribution in [2.24, 2.45) is 5.92 Å². The van der Waals surface area contributed by atoms with Crippen LogP contribution in [0.4, 0.5) is 19.0 Å². The Bertz CT molecular complexity index is 2140. The summed E-state index contributed by atoms with van der Waals surface area (Å²) in [6.07, 6.45) is -10.8. The van der Waals surface area contributed by atoms with Crippen molar-refractivity contribution in [3.05, 3.63) is 144 Å². The van der Waals surface area contributed by atoms with E-state index in [1.165, 1.54) is 26.4 Å². The van der Waals surface area contributed by atoms with E-state index in [9.17, 15) is 9.90 Å². The number of hydrogen-bond acceptors (Lipinski definition) is 10. The number of hydrogen-bond donors (Lipinski definition) is 2. The van der Waals surface area contributed by atoms with Gasteiger partial charge in [0.25, 0.3) is 0 Å². The zero-order valence-corrected chi connectivity index (χ0v) is 28.4. The molecule has 5 atom stereocenters. The first kappa shape index (κ1) is 35.6. The van der Waals surface area contributed by atoms with Crippen LogP contribution in [0, 0.1) is 5.92 Å². The number of methoxy groups -OCH3 is 2. The van der Waals surface area contributed by atoms with Crippen LogP contribution in [0.1, 0.15) is 33.3 Å². The number of anilines is 1. The van der Waals surface area contributed by atoms with Gasteiger partial charge in [0, 0.05) is 5.56 Å². The maximum absolute atomic E-state index is 15.1. The first-order chi connectivity index (χ1) is 25.6. The van der Waals surface area contributed by atoms with Gasteiger partial charge >= 0.3 is 6.18 Å². The Kier molecular flexibility index (Phi) is 9.60. The summed E-state index contributed by atoms with van der Waals surface area (Å²) in [4.78, 5) is 26.9. The summed E-state index contributed by atoms with van der Waals surface area (Å²) in [6, 6.07) is 30.7. The molecule has 0 radical (unpaired) electrons. The van der Waals surface area contributed by atoms with Crippen molar-refractivity contribution in [1.29, 1.82) is 0 Å². The number of carbonyl (C=O) groups excluding carboxylic acids is 1. The summed E-state index contributed by atoms with van der Waals surface area (Å²) in [5.74, 6) is -2.25. The standard InChI is InChI=1S/C39H34F3N5O6/c1-50-27-17-13-25(14-18-27)38(24-11-7-4-8-12-24,26-15-19-28(51-2)20-16-26)53-34(31(48)23-9-5-3-6-10-23)33-32(49)29(39(40,41)42)37(52-33)47-22-46-30-35(43)44-21-45-36(30)47/h3-22,29,32-34,37,49H,1-2H3,(H2,43,44,45)/t29-,32+,33+,34?,37-/m1/s1. The Balaban J connectivity index is 1.45. The van der Waals surface area contributed by atoms with Crippen molar-refractivity contribution in [2.75, 3.05) is 20.0 Å². The van der Waals surface area contributed by atoms with Crippen molar-refractivity contribution in [3.8, 4) is 11.5 Å². The molecular weight excluding hydrogens is 691 g/mol. The Hall–Kier alpha value is -5.83. The van der Waals surface area contributed by atoms with E-state index in [4.69, 9.17) is 24.7 Å². The molecule has 1 fully saturated rings. The molecule has 1 saturated heterocycles. The largest absolute Gasteiger partial charge is 0.497 e. The van der Waals surface area contributed by atoms with Crippen LogP contribution in [-0.2, 0) is 15.1 Å². The lowest BCUT2D eigenvalue weighted by molar-refractivity contribution is -0.210. The lowest BCUT2D eigenvalue weighted by Crippen LogP contribution is -2.50. The zero-order valence-electron chi connectivity index (χ0n) is 28.4. The number of aliphatic hydroxyl groups is 1. The number of carbonyl (C=O) groups is 1. The van der Waals surface area contributed by atoms with Crippen LogP contribution in [0.5, 0.6) is 11.5 Å². The number of nitrogen functional groups attached to an aromatic ring is 1. The number of fused-ring (bicyclic) bond motifs is 1. The molecule has 4 aromatic carbocycles. The summed E-state index contributed by atoms with van der Waals surface area (Å²) < 4.78 is 70.5. The maximum atomic E-state index is 15.1. The van der Waals surface area contributed by atoms with E-state index < -0.39 is 48.0 Å². The second-order valence-corrected chi connectivity index (χ2v) is 12.4. The Morgan fingerprint density at radius 2 is 1.36 bits per heavy atom. The second-order valence-electron chi connectivity index (χ2n) is 12.4. The number of halogens is 3. The summed E-state index contributed by atoms with van der Waals surface area (Å²) >= 11 is 0. The van der Waals surface area contributed by atoms with E-state index in [0.29, 0.717) is 28.2 Å². The van der Waals surface area contributed by atoms with E-state index in [1.54, 1.807) is 97.1 Å². The van der Waals surface area contributed by atoms with Crippen molar-refractivity contribution in [1.82, 2.24) is 19.5 Å². The molecule has 0 aliphatic carbocycles. The van der Waals surface area contributed by atoms with Gasteiger partial charge in [0.1, 0.15) is 41.0 Å². The Morgan fingerprint density at radius 1 is 0.811 bits per heavy atom. The number of aromatic nitrogens is 4. The predicted octanol–water partition coefficient (Wildman–Crippen LogP) is 6.12. The van der Waals surface area contributed by atoms with E-state index in [-0.39, 0.29) is 22.5 Å². The SMILES string of the molecule is COc1ccc(C(OC(C(=O)c2ccccc2)[C@H]2O[C@@H](n3cnc4c(N)ncnc43)[C@H](C(F)(F)F)[C@@H]2O)(c2ccccc2)c2ccc(OC)cc2)cc1. The minimum absolute atomic E-state index is 0.0465. The van der Waals surface area contributed by atoms with Crippen LogP contribution in [0.25, 0.3) is 11.2 Å². The molecule has 3 heterocycles. The molecule has 53 heavy (non-hydrogen) atoms. The molecule has 2 aromatic heterocycles. The van der Waals surface area contributed by atoms with Gasteiger partial charge in [-0.2, -0.15) is 13.2 Å². The highest BCUT2D eigenvalue weighted by atomic mass is 19.4. The van der Waals surface area contributed by atoms with E-state index >= 15 is 13.2 Å². The van der Waals surface area contributed by atoms with Gasteiger partial charge in [0.05, 0.1) is 26.7 Å². The number of Topliss-reactive ketones (excluding diaryl/α,β-unsaturated/α-hetero) is 1. The van der Waals surface area contributed by atoms with Crippen molar-refractivity contribution < 1.29 is 42.0 Å². The van der Waals surface area contributed by atoms with Crippen molar-refractivity contribution in [2.45, 2.75) is 36.3 Å². The number of aliphatic hydroxyl groups excluding tert-OH is 1.